The molecule has 3 N–H and O–H groups in total. The lowest BCUT2D eigenvalue weighted by Gasteiger charge is -2.17. The maximum absolute atomic E-state index is 11.9. The van der Waals surface area contributed by atoms with Crippen LogP contribution in [-0.4, -0.2) is 36.7 Å². The van der Waals surface area contributed by atoms with Crippen molar-refractivity contribution in [2.45, 2.75) is 24.0 Å². The molecule has 0 saturated carbocycles. The van der Waals surface area contributed by atoms with Crippen molar-refractivity contribution in [1.82, 2.24) is 4.72 Å². The van der Waals surface area contributed by atoms with Crippen LogP contribution in [0.4, 0.5) is 0 Å². The molecule has 102 valence electrons. The Labute approximate surface area is 111 Å². The molecule has 6 nitrogen and oxygen atoms in total. The van der Waals surface area contributed by atoms with E-state index in [0.29, 0.717) is 5.56 Å². The highest BCUT2D eigenvalue weighted by Crippen LogP contribution is 2.11. The zero-order valence-electron chi connectivity index (χ0n) is 10.1. The Balaban J connectivity index is 3.03. The highest BCUT2D eigenvalue weighted by Gasteiger charge is 2.29. The Morgan fingerprint density at radius 2 is 1.89 bits per heavy atom. The lowest BCUT2D eigenvalue weighted by atomic mass is 10.2. The molecule has 0 heterocycles. The average Bonchev–Trinajstić information content (AvgIpc) is 2.35. The Morgan fingerprint density at radius 1 is 1.37 bits per heavy atom. The number of hydrogen-bond donors (Lipinski definition) is 3. The molecule has 19 heavy (non-hydrogen) atoms. The van der Waals surface area contributed by atoms with Gasteiger partial charge in [-0.2, -0.15) is 4.72 Å². The summed E-state index contributed by atoms with van der Waals surface area (Å²) in [6.07, 6.45) is 3.78. The van der Waals surface area contributed by atoms with Crippen molar-refractivity contribution >= 4 is 16.0 Å². The van der Waals surface area contributed by atoms with Crippen LogP contribution in [0.2, 0.25) is 0 Å². The summed E-state index contributed by atoms with van der Waals surface area (Å²) in [5.41, 5.74) is 0.504. The fraction of sp³-hybridized carbons (Fsp3) is 0.250. The molecule has 7 heteroatoms. The largest absolute Gasteiger partial charge is 0.480 e. The molecular weight excluding hydrogens is 270 g/mol. The van der Waals surface area contributed by atoms with Crippen molar-refractivity contribution in [2.24, 2.45) is 0 Å². The number of terminal acetylenes is 1. The lowest BCUT2D eigenvalue weighted by molar-refractivity contribution is -0.141. The first-order valence-corrected chi connectivity index (χ1v) is 6.76. The second kappa shape index (κ2) is 5.84. The average molecular weight is 283 g/mol. The molecule has 1 aromatic carbocycles. The van der Waals surface area contributed by atoms with Crippen LogP contribution in [0.15, 0.2) is 29.2 Å². The lowest BCUT2D eigenvalue weighted by Crippen LogP contribution is -2.47. The summed E-state index contributed by atoms with van der Waals surface area (Å²) < 4.78 is 25.7. The summed E-state index contributed by atoms with van der Waals surface area (Å²) in [6, 6.07) is 3.76. The number of sulfonamides is 1. The highest BCUT2D eigenvalue weighted by atomic mass is 32.2. The van der Waals surface area contributed by atoms with E-state index in [-0.39, 0.29) is 4.90 Å². The molecule has 0 aliphatic heterocycles. The van der Waals surface area contributed by atoms with Crippen molar-refractivity contribution in [3.05, 3.63) is 29.8 Å². The Bertz CT molecular complexity index is 598. The van der Waals surface area contributed by atoms with Crippen LogP contribution in [0.25, 0.3) is 0 Å². The van der Waals surface area contributed by atoms with Gasteiger partial charge in [0, 0.05) is 5.56 Å². The molecule has 1 aromatic rings. The molecule has 0 aromatic heterocycles. The van der Waals surface area contributed by atoms with Crippen molar-refractivity contribution < 1.29 is 23.4 Å². The third kappa shape index (κ3) is 3.79. The number of carbonyl (C=O) groups is 1. The Hall–Kier alpha value is -1.88. The van der Waals surface area contributed by atoms with E-state index in [4.69, 9.17) is 11.5 Å². The second-order valence-electron chi connectivity index (χ2n) is 3.85. The first-order valence-electron chi connectivity index (χ1n) is 5.28. The van der Waals surface area contributed by atoms with Crippen LogP contribution in [0.3, 0.4) is 0 Å². The minimum Gasteiger partial charge on any atom is -0.480 e. The SMILES string of the molecule is C#Cc1ccc(S(=O)(=O)NC(C(=O)O)[C@@H](C)O)cc1. The highest BCUT2D eigenvalue weighted by molar-refractivity contribution is 7.89. The third-order valence-electron chi connectivity index (χ3n) is 2.36. The van der Waals surface area contributed by atoms with Crippen molar-refractivity contribution in [2.75, 3.05) is 0 Å². The van der Waals surface area contributed by atoms with Gasteiger partial charge in [0.1, 0.15) is 6.04 Å². The summed E-state index contributed by atoms with van der Waals surface area (Å²) >= 11 is 0. The van der Waals surface area contributed by atoms with Gasteiger partial charge in [0.05, 0.1) is 11.0 Å². The van der Waals surface area contributed by atoms with Gasteiger partial charge in [0.25, 0.3) is 0 Å². The number of hydrogen-bond acceptors (Lipinski definition) is 4. The van der Waals surface area contributed by atoms with Gasteiger partial charge in [-0.1, -0.05) is 5.92 Å². The number of rotatable bonds is 5. The Morgan fingerprint density at radius 3 is 2.26 bits per heavy atom. The monoisotopic (exact) mass is 283 g/mol. The summed E-state index contributed by atoms with van der Waals surface area (Å²) in [6.45, 7) is 1.18. The molecule has 1 rings (SSSR count). The van der Waals surface area contributed by atoms with E-state index in [1.54, 1.807) is 0 Å². The number of aliphatic hydroxyl groups is 1. The number of aliphatic hydroxyl groups excluding tert-OH is 1. The summed E-state index contributed by atoms with van der Waals surface area (Å²) in [7, 11) is -4.03. The predicted molar refractivity (Wildman–Crippen MR) is 67.8 cm³/mol. The van der Waals surface area contributed by atoms with Gasteiger partial charge in [-0.3, -0.25) is 4.79 Å². The molecule has 0 spiro atoms. The van der Waals surface area contributed by atoms with Gasteiger partial charge < -0.3 is 10.2 Å². The van der Waals surface area contributed by atoms with Gasteiger partial charge in [0.2, 0.25) is 10.0 Å². The topological polar surface area (TPSA) is 104 Å². The van der Waals surface area contributed by atoms with Gasteiger partial charge in [0.15, 0.2) is 0 Å². The van der Waals surface area contributed by atoms with Crippen LogP contribution in [-0.2, 0) is 14.8 Å². The van der Waals surface area contributed by atoms with E-state index in [9.17, 15) is 18.3 Å². The summed E-state index contributed by atoms with van der Waals surface area (Å²) in [5.74, 6) is 0.874. The first kappa shape index (κ1) is 15.2. The van der Waals surface area contributed by atoms with Crippen molar-refractivity contribution in [3.63, 3.8) is 0 Å². The summed E-state index contributed by atoms with van der Waals surface area (Å²) in [4.78, 5) is 10.7. The zero-order valence-corrected chi connectivity index (χ0v) is 10.9. The van der Waals surface area contributed by atoms with Gasteiger partial charge in [-0.15, -0.1) is 6.42 Å². The van der Waals surface area contributed by atoms with Gasteiger partial charge in [-0.25, -0.2) is 8.42 Å². The number of carboxylic acid groups (broad SMARTS) is 1. The maximum Gasteiger partial charge on any atom is 0.324 e. The molecule has 0 amide bonds. The van der Waals surface area contributed by atoms with Crippen LogP contribution in [0, 0.1) is 12.3 Å². The minimum atomic E-state index is -4.03. The van der Waals surface area contributed by atoms with Crippen molar-refractivity contribution in [3.8, 4) is 12.3 Å². The molecule has 0 aliphatic rings. The minimum absolute atomic E-state index is 0.126. The predicted octanol–water partition coefficient (Wildman–Crippen LogP) is -0.220. The fourth-order valence-electron chi connectivity index (χ4n) is 1.32. The molecular formula is C12H13NO5S. The molecule has 0 radical (unpaired) electrons. The van der Waals surface area contributed by atoms with E-state index in [1.807, 2.05) is 4.72 Å². The summed E-state index contributed by atoms with van der Waals surface area (Å²) in [5, 5.41) is 18.1. The fourth-order valence-corrected chi connectivity index (χ4v) is 2.58. The number of aliphatic carboxylic acids is 1. The molecule has 0 fully saturated rings. The molecule has 0 bridgehead atoms. The maximum atomic E-state index is 11.9. The number of carboxylic acids is 1. The smallest absolute Gasteiger partial charge is 0.324 e. The number of nitrogens with one attached hydrogen (secondary N) is 1. The zero-order chi connectivity index (χ0) is 14.6. The first-order chi connectivity index (χ1) is 8.77. The van der Waals surface area contributed by atoms with E-state index >= 15 is 0 Å². The van der Waals surface area contributed by atoms with Crippen LogP contribution in [0.5, 0.6) is 0 Å². The molecule has 0 saturated heterocycles. The quantitative estimate of drug-likeness (QED) is 0.648. The third-order valence-corrected chi connectivity index (χ3v) is 3.82. The van der Waals surface area contributed by atoms with E-state index in [0.717, 1.165) is 0 Å². The van der Waals surface area contributed by atoms with Crippen LogP contribution >= 0.6 is 0 Å². The van der Waals surface area contributed by atoms with E-state index in [1.165, 1.54) is 31.2 Å². The van der Waals surface area contributed by atoms with Gasteiger partial charge >= 0.3 is 5.97 Å². The van der Waals surface area contributed by atoms with Crippen molar-refractivity contribution in [1.29, 1.82) is 0 Å². The Kier molecular flexibility index (Phi) is 4.67. The van der Waals surface area contributed by atoms with Gasteiger partial charge in [-0.05, 0) is 31.2 Å². The molecule has 0 aliphatic carbocycles. The molecule has 1 unspecified atom stereocenters. The van der Waals surface area contributed by atoms with E-state index in [2.05, 4.69) is 5.92 Å². The van der Waals surface area contributed by atoms with E-state index < -0.39 is 28.1 Å². The standard InChI is InChI=1S/C12H13NO5S/c1-3-9-4-6-10(7-5-9)19(17,18)13-11(8(2)14)12(15)16/h1,4-8,11,13-14H,2H3,(H,15,16)/t8-,11?/m1/s1. The second-order valence-corrected chi connectivity index (χ2v) is 5.56. The van der Waals surface area contributed by atoms with Crippen LogP contribution < -0.4 is 4.72 Å². The number of benzene rings is 1. The van der Waals surface area contributed by atoms with Crippen LogP contribution in [0.1, 0.15) is 12.5 Å². The normalized spacial score (nSPS) is 14.4. The molecule has 2 atom stereocenters.